The number of hydrogen-bond acceptors (Lipinski definition) is 5. The Balaban J connectivity index is 1.53. The first-order valence-corrected chi connectivity index (χ1v) is 9.91. The summed E-state index contributed by atoms with van der Waals surface area (Å²) in [5.41, 5.74) is 8.77. The zero-order valence-electron chi connectivity index (χ0n) is 16.2. The molecule has 3 rings (SSSR count). The quantitative estimate of drug-likeness (QED) is 0.731. The number of nitrogens with one attached hydrogen (secondary N) is 3. The van der Waals surface area contributed by atoms with Gasteiger partial charge < -0.3 is 15.0 Å². The van der Waals surface area contributed by atoms with Gasteiger partial charge >= 0.3 is 6.09 Å². The molecule has 0 radical (unpaired) electrons. The molecule has 2 fully saturated rings. The van der Waals surface area contributed by atoms with E-state index in [0.29, 0.717) is 26.2 Å². The van der Waals surface area contributed by atoms with Crippen LogP contribution >= 0.6 is 0 Å². The standard InChI is InChI=1S/C20H30N4O3/c1-3-14-5-7-15(8-6-14)18-17(13-21-23-18)19(25)22-16-9-11-24(12-10-16)20(26)27-4-2/h5-8,16-18,21,23H,3-4,9-13H2,1-2H3,(H,22,25). The van der Waals surface area contributed by atoms with Gasteiger partial charge in [0.05, 0.1) is 18.6 Å². The fraction of sp³-hybridized carbons (Fsp3) is 0.600. The molecule has 2 unspecified atom stereocenters. The number of hydrogen-bond donors (Lipinski definition) is 3. The normalized spacial score (nSPS) is 23.3. The molecule has 2 aliphatic heterocycles. The van der Waals surface area contributed by atoms with Crippen molar-refractivity contribution >= 4 is 12.0 Å². The predicted molar refractivity (Wildman–Crippen MR) is 103 cm³/mol. The number of hydrazine groups is 1. The Kier molecular flexibility index (Phi) is 6.68. The molecule has 0 spiro atoms. The Morgan fingerprint density at radius 2 is 1.89 bits per heavy atom. The van der Waals surface area contributed by atoms with Gasteiger partial charge in [0, 0.05) is 25.7 Å². The molecule has 0 saturated carbocycles. The highest BCUT2D eigenvalue weighted by atomic mass is 16.6. The summed E-state index contributed by atoms with van der Waals surface area (Å²) in [6.07, 6.45) is 2.26. The molecule has 3 N–H and O–H groups in total. The molecule has 0 bridgehead atoms. The van der Waals surface area contributed by atoms with Gasteiger partial charge in [0.25, 0.3) is 0 Å². The molecule has 2 atom stereocenters. The maximum Gasteiger partial charge on any atom is 0.409 e. The van der Waals surface area contributed by atoms with E-state index in [-0.39, 0.29) is 30.0 Å². The van der Waals surface area contributed by atoms with Crippen LogP contribution in [0, 0.1) is 5.92 Å². The number of likely N-dealkylation sites (tertiary alicyclic amines) is 1. The number of piperidine rings is 1. The molecule has 27 heavy (non-hydrogen) atoms. The Labute approximate surface area is 160 Å². The van der Waals surface area contributed by atoms with Crippen molar-refractivity contribution in [3.05, 3.63) is 35.4 Å². The maximum atomic E-state index is 12.8. The second-order valence-corrected chi connectivity index (χ2v) is 7.17. The van der Waals surface area contributed by atoms with Gasteiger partial charge in [-0.1, -0.05) is 31.2 Å². The highest BCUT2D eigenvalue weighted by molar-refractivity contribution is 5.80. The summed E-state index contributed by atoms with van der Waals surface area (Å²) in [6, 6.07) is 8.51. The molecular weight excluding hydrogens is 344 g/mol. The van der Waals surface area contributed by atoms with Gasteiger partial charge in [-0.25, -0.2) is 10.2 Å². The Morgan fingerprint density at radius 1 is 1.19 bits per heavy atom. The second kappa shape index (κ2) is 9.19. The van der Waals surface area contributed by atoms with Crippen LogP contribution in [-0.4, -0.2) is 49.2 Å². The second-order valence-electron chi connectivity index (χ2n) is 7.17. The number of carbonyl (C=O) groups is 2. The van der Waals surface area contributed by atoms with Crippen LogP contribution in [0.3, 0.4) is 0 Å². The van der Waals surface area contributed by atoms with Crippen LogP contribution in [0.4, 0.5) is 4.79 Å². The number of amides is 2. The minimum Gasteiger partial charge on any atom is -0.450 e. The molecule has 2 aliphatic rings. The SMILES string of the molecule is CCOC(=O)N1CCC(NC(=O)C2CNNC2c2ccc(CC)cc2)CC1. The topological polar surface area (TPSA) is 82.7 Å². The van der Waals surface area contributed by atoms with Crippen LogP contribution < -0.4 is 16.2 Å². The average molecular weight is 374 g/mol. The Morgan fingerprint density at radius 3 is 2.52 bits per heavy atom. The first-order valence-electron chi connectivity index (χ1n) is 9.91. The fourth-order valence-corrected chi connectivity index (χ4v) is 3.75. The van der Waals surface area contributed by atoms with Crippen molar-refractivity contribution in [2.45, 2.75) is 45.2 Å². The van der Waals surface area contributed by atoms with Crippen LogP contribution in [-0.2, 0) is 16.0 Å². The highest BCUT2D eigenvalue weighted by Gasteiger charge is 2.35. The molecule has 1 aromatic rings. The number of aryl methyl sites for hydroxylation is 1. The van der Waals surface area contributed by atoms with E-state index in [4.69, 9.17) is 4.74 Å². The molecule has 2 saturated heterocycles. The summed E-state index contributed by atoms with van der Waals surface area (Å²) >= 11 is 0. The van der Waals surface area contributed by atoms with E-state index < -0.39 is 0 Å². The number of ether oxygens (including phenoxy) is 1. The van der Waals surface area contributed by atoms with Crippen LogP contribution in [0.25, 0.3) is 0 Å². The molecule has 7 heteroatoms. The van der Waals surface area contributed by atoms with Gasteiger partial charge in [0.15, 0.2) is 0 Å². The van der Waals surface area contributed by atoms with Crippen LogP contribution in [0.15, 0.2) is 24.3 Å². The van der Waals surface area contributed by atoms with Gasteiger partial charge in [-0.05, 0) is 37.3 Å². The molecule has 2 amide bonds. The van der Waals surface area contributed by atoms with Crippen molar-refractivity contribution in [3.8, 4) is 0 Å². The fourth-order valence-electron chi connectivity index (χ4n) is 3.75. The monoisotopic (exact) mass is 374 g/mol. The van der Waals surface area contributed by atoms with Gasteiger partial charge in [-0.2, -0.15) is 0 Å². The van der Waals surface area contributed by atoms with E-state index >= 15 is 0 Å². The summed E-state index contributed by atoms with van der Waals surface area (Å²) in [7, 11) is 0. The van der Waals surface area contributed by atoms with Gasteiger partial charge in [-0.15, -0.1) is 0 Å². The third-order valence-electron chi connectivity index (χ3n) is 5.43. The molecule has 7 nitrogen and oxygen atoms in total. The minimum atomic E-state index is -0.262. The summed E-state index contributed by atoms with van der Waals surface area (Å²) in [5, 5.41) is 3.18. The van der Waals surface area contributed by atoms with Gasteiger partial charge in [0.2, 0.25) is 5.91 Å². The van der Waals surface area contributed by atoms with Crippen LogP contribution in [0.1, 0.15) is 43.9 Å². The molecular formula is C20H30N4O3. The number of nitrogens with zero attached hydrogens (tertiary/aromatic N) is 1. The van der Waals surface area contributed by atoms with Crippen LogP contribution in [0.5, 0.6) is 0 Å². The predicted octanol–water partition coefficient (Wildman–Crippen LogP) is 1.75. The lowest BCUT2D eigenvalue weighted by Gasteiger charge is -2.32. The van der Waals surface area contributed by atoms with E-state index in [1.165, 1.54) is 5.56 Å². The smallest absolute Gasteiger partial charge is 0.409 e. The lowest BCUT2D eigenvalue weighted by molar-refractivity contribution is -0.125. The molecule has 148 valence electrons. The molecule has 1 aromatic carbocycles. The lowest BCUT2D eigenvalue weighted by Crippen LogP contribution is -2.48. The summed E-state index contributed by atoms with van der Waals surface area (Å²) in [4.78, 5) is 26.3. The number of rotatable bonds is 5. The highest BCUT2D eigenvalue weighted by Crippen LogP contribution is 2.26. The lowest BCUT2D eigenvalue weighted by atomic mass is 9.92. The number of carbonyl (C=O) groups excluding carboxylic acids is 2. The molecule has 0 aromatic heterocycles. The van der Waals surface area contributed by atoms with Crippen molar-refractivity contribution in [1.82, 2.24) is 21.1 Å². The van der Waals surface area contributed by atoms with E-state index in [2.05, 4.69) is 47.4 Å². The van der Waals surface area contributed by atoms with Crippen molar-refractivity contribution in [2.24, 2.45) is 5.92 Å². The van der Waals surface area contributed by atoms with Crippen molar-refractivity contribution in [1.29, 1.82) is 0 Å². The summed E-state index contributed by atoms with van der Waals surface area (Å²) in [5.74, 6) is -0.0905. The van der Waals surface area contributed by atoms with Crippen molar-refractivity contribution in [3.63, 3.8) is 0 Å². The van der Waals surface area contributed by atoms with Crippen molar-refractivity contribution in [2.75, 3.05) is 26.2 Å². The van der Waals surface area contributed by atoms with Crippen molar-refractivity contribution < 1.29 is 14.3 Å². The Hall–Kier alpha value is -2.12. The molecule has 2 heterocycles. The average Bonchev–Trinajstić information content (AvgIpc) is 3.19. The van der Waals surface area contributed by atoms with E-state index in [9.17, 15) is 9.59 Å². The zero-order valence-corrected chi connectivity index (χ0v) is 16.2. The van der Waals surface area contributed by atoms with Gasteiger partial charge in [-0.3, -0.25) is 10.2 Å². The maximum absolute atomic E-state index is 12.8. The first-order chi connectivity index (χ1) is 13.1. The van der Waals surface area contributed by atoms with E-state index in [1.54, 1.807) is 11.8 Å². The molecule has 0 aliphatic carbocycles. The first kappa shape index (κ1) is 19.6. The van der Waals surface area contributed by atoms with E-state index in [0.717, 1.165) is 24.8 Å². The summed E-state index contributed by atoms with van der Waals surface area (Å²) in [6.45, 7) is 6.17. The zero-order chi connectivity index (χ0) is 19.2. The largest absolute Gasteiger partial charge is 0.450 e. The van der Waals surface area contributed by atoms with E-state index in [1.807, 2.05) is 0 Å². The van der Waals surface area contributed by atoms with Crippen LogP contribution in [0.2, 0.25) is 0 Å². The third kappa shape index (κ3) is 4.78. The minimum absolute atomic E-state index is 0.0319. The Bertz CT molecular complexity index is 641. The number of benzene rings is 1. The summed E-state index contributed by atoms with van der Waals surface area (Å²) < 4.78 is 5.04. The third-order valence-corrected chi connectivity index (χ3v) is 5.43. The van der Waals surface area contributed by atoms with Gasteiger partial charge in [0.1, 0.15) is 0 Å².